The van der Waals surface area contributed by atoms with E-state index in [0.29, 0.717) is 18.2 Å². The van der Waals surface area contributed by atoms with Gasteiger partial charge in [-0.1, -0.05) is 39.7 Å². The number of rotatable bonds is 3. The Bertz CT molecular complexity index is 660. The zero-order valence-electron chi connectivity index (χ0n) is 11.4. The molecular weight excluding hydrogens is 356 g/mol. The first-order valence-electron chi connectivity index (χ1n) is 6.56. The van der Waals surface area contributed by atoms with Crippen LogP contribution in [0.3, 0.4) is 0 Å². The third kappa shape index (κ3) is 2.97. The minimum absolute atomic E-state index is 0.0134. The molecule has 1 atom stereocenters. The summed E-state index contributed by atoms with van der Waals surface area (Å²) in [7, 11) is 1.64. The fourth-order valence-corrected chi connectivity index (χ4v) is 3.12. The standard InChI is InChI=1S/C16H14BrClO3/c1-19-14-9-11(18)3-4-12(14)16(17)10-2-5-13-15(8-10)21-7-6-20-13/h2-5,8-9,16H,6-7H2,1H3. The number of hydrogen-bond donors (Lipinski definition) is 0. The molecular formula is C16H14BrClO3. The molecule has 0 saturated heterocycles. The first kappa shape index (κ1) is 14.5. The summed E-state index contributed by atoms with van der Waals surface area (Å²) in [5, 5.41) is 0.650. The summed E-state index contributed by atoms with van der Waals surface area (Å²) in [6, 6.07) is 11.6. The van der Waals surface area contributed by atoms with Gasteiger partial charge in [-0.05, 0) is 29.8 Å². The lowest BCUT2D eigenvalue weighted by molar-refractivity contribution is 0.171. The van der Waals surface area contributed by atoms with E-state index in [2.05, 4.69) is 15.9 Å². The van der Waals surface area contributed by atoms with Crippen LogP contribution in [0.2, 0.25) is 5.02 Å². The van der Waals surface area contributed by atoms with Crippen molar-refractivity contribution >= 4 is 27.5 Å². The molecule has 0 bridgehead atoms. The summed E-state index contributed by atoms with van der Waals surface area (Å²) in [5.41, 5.74) is 2.08. The van der Waals surface area contributed by atoms with Crippen molar-refractivity contribution in [3.63, 3.8) is 0 Å². The highest BCUT2D eigenvalue weighted by molar-refractivity contribution is 9.09. The second kappa shape index (κ2) is 6.16. The molecule has 0 spiro atoms. The Morgan fingerprint density at radius 2 is 1.86 bits per heavy atom. The van der Waals surface area contributed by atoms with Crippen LogP contribution >= 0.6 is 27.5 Å². The highest BCUT2D eigenvalue weighted by Crippen LogP contribution is 2.41. The summed E-state index contributed by atoms with van der Waals surface area (Å²) in [4.78, 5) is -0.0134. The van der Waals surface area contributed by atoms with Crippen molar-refractivity contribution in [3.05, 3.63) is 52.5 Å². The van der Waals surface area contributed by atoms with Crippen LogP contribution in [-0.2, 0) is 0 Å². The Hall–Kier alpha value is -1.39. The molecule has 1 unspecified atom stereocenters. The number of alkyl halides is 1. The van der Waals surface area contributed by atoms with Gasteiger partial charge in [0.05, 0.1) is 11.9 Å². The van der Waals surface area contributed by atoms with Gasteiger partial charge in [-0.25, -0.2) is 0 Å². The largest absolute Gasteiger partial charge is 0.496 e. The van der Waals surface area contributed by atoms with Crippen molar-refractivity contribution in [3.8, 4) is 17.2 Å². The first-order valence-corrected chi connectivity index (χ1v) is 7.85. The summed E-state index contributed by atoms with van der Waals surface area (Å²) in [5.74, 6) is 2.31. The van der Waals surface area contributed by atoms with Crippen LogP contribution in [-0.4, -0.2) is 20.3 Å². The number of methoxy groups -OCH3 is 1. The number of ether oxygens (including phenoxy) is 3. The van der Waals surface area contributed by atoms with Crippen molar-refractivity contribution in [2.24, 2.45) is 0 Å². The zero-order chi connectivity index (χ0) is 14.8. The highest BCUT2D eigenvalue weighted by Gasteiger charge is 2.19. The third-order valence-electron chi connectivity index (χ3n) is 3.33. The summed E-state index contributed by atoms with van der Waals surface area (Å²) in [6.07, 6.45) is 0. The summed E-state index contributed by atoms with van der Waals surface area (Å²) in [6.45, 7) is 1.17. The topological polar surface area (TPSA) is 27.7 Å². The second-order valence-corrected chi connectivity index (χ2v) is 6.00. The Morgan fingerprint density at radius 1 is 1.10 bits per heavy atom. The van der Waals surface area contributed by atoms with E-state index in [9.17, 15) is 0 Å². The molecule has 0 N–H and O–H groups in total. The fraction of sp³-hybridized carbons (Fsp3) is 0.250. The predicted molar refractivity (Wildman–Crippen MR) is 86.2 cm³/mol. The van der Waals surface area contributed by atoms with Crippen LogP contribution in [0.25, 0.3) is 0 Å². The number of benzene rings is 2. The van der Waals surface area contributed by atoms with Gasteiger partial charge >= 0.3 is 0 Å². The smallest absolute Gasteiger partial charge is 0.161 e. The van der Waals surface area contributed by atoms with Crippen molar-refractivity contribution < 1.29 is 14.2 Å². The molecule has 2 aromatic carbocycles. The van der Waals surface area contributed by atoms with E-state index < -0.39 is 0 Å². The van der Waals surface area contributed by atoms with Crippen molar-refractivity contribution in [2.75, 3.05) is 20.3 Å². The Kier molecular flexibility index (Phi) is 4.27. The van der Waals surface area contributed by atoms with Crippen LogP contribution in [0.4, 0.5) is 0 Å². The van der Waals surface area contributed by atoms with E-state index in [1.54, 1.807) is 7.11 Å². The van der Waals surface area contributed by atoms with E-state index in [1.807, 2.05) is 36.4 Å². The Labute approximate surface area is 136 Å². The highest BCUT2D eigenvalue weighted by atomic mass is 79.9. The van der Waals surface area contributed by atoms with Gasteiger partial charge in [-0.3, -0.25) is 0 Å². The minimum atomic E-state index is -0.0134. The quantitative estimate of drug-likeness (QED) is 0.740. The molecule has 3 rings (SSSR count). The number of fused-ring (bicyclic) bond motifs is 1. The van der Waals surface area contributed by atoms with Gasteiger partial charge in [0.15, 0.2) is 11.5 Å². The SMILES string of the molecule is COc1cc(Cl)ccc1C(Br)c1ccc2c(c1)OCCO2. The van der Waals surface area contributed by atoms with Crippen molar-refractivity contribution in [1.29, 1.82) is 0 Å². The molecule has 1 heterocycles. The maximum Gasteiger partial charge on any atom is 0.161 e. The molecule has 3 nitrogen and oxygen atoms in total. The van der Waals surface area contributed by atoms with E-state index in [4.69, 9.17) is 25.8 Å². The lowest BCUT2D eigenvalue weighted by Crippen LogP contribution is -2.15. The maximum absolute atomic E-state index is 6.01. The molecule has 0 amide bonds. The van der Waals surface area contributed by atoms with Gasteiger partial charge in [0.25, 0.3) is 0 Å². The Balaban J connectivity index is 1.96. The molecule has 0 aliphatic carbocycles. The first-order chi connectivity index (χ1) is 10.2. The van der Waals surface area contributed by atoms with Gasteiger partial charge in [-0.2, -0.15) is 0 Å². The van der Waals surface area contributed by atoms with Gasteiger partial charge in [-0.15, -0.1) is 0 Å². The third-order valence-corrected chi connectivity index (χ3v) is 4.58. The molecule has 0 fully saturated rings. The average molecular weight is 370 g/mol. The van der Waals surface area contributed by atoms with E-state index >= 15 is 0 Å². The lowest BCUT2D eigenvalue weighted by Gasteiger charge is -2.21. The fourth-order valence-electron chi connectivity index (χ4n) is 2.29. The average Bonchev–Trinajstić information content (AvgIpc) is 2.53. The molecule has 0 saturated carbocycles. The maximum atomic E-state index is 6.01. The van der Waals surface area contributed by atoms with Crippen molar-refractivity contribution in [1.82, 2.24) is 0 Å². The van der Waals surface area contributed by atoms with Crippen LogP contribution in [0.15, 0.2) is 36.4 Å². The molecule has 0 radical (unpaired) electrons. The van der Waals surface area contributed by atoms with E-state index in [1.165, 1.54) is 0 Å². The molecule has 21 heavy (non-hydrogen) atoms. The minimum Gasteiger partial charge on any atom is -0.496 e. The number of halogens is 2. The van der Waals surface area contributed by atoms with Gasteiger partial charge in [0.2, 0.25) is 0 Å². The molecule has 2 aromatic rings. The molecule has 1 aliphatic heterocycles. The van der Waals surface area contributed by atoms with Crippen LogP contribution in [0, 0.1) is 0 Å². The summed E-state index contributed by atoms with van der Waals surface area (Å²) < 4.78 is 16.6. The van der Waals surface area contributed by atoms with E-state index in [-0.39, 0.29) is 4.83 Å². The zero-order valence-corrected chi connectivity index (χ0v) is 13.8. The van der Waals surface area contributed by atoms with Crippen molar-refractivity contribution in [2.45, 2.75) is 4.83 Å². The predicted octanol–water partition coefficient (Wildman–Crippen LogP) is 4.60. The van der Waals surface area contributed by atoms with Crippen LogP contribution < -0.4 is 14.2 Å². The molecule has 5 heteroatoms. The van der Waals surface area contributed by atoms with E-state index in [0.717, 1.165) is 28.4 Å². The van der Waals surface area contributed by atoms with Gasteiger partial charge in [0.1, 0.15) is 19.0 Å². The Morgan fingerprint density at radius 3 is 2.62 bits per heavy atom. The normalized spacial score (nSPS) is 14.6. The molecule has 1 aliphatic rings. The molecule has 110 valence electrons. The monoisotopic (exact) mass is 368 g/mol. The van der Waals surface area contributed by atoms with Crippen LogP contribution in [0.5, 0.6) is 17.2 Å². The van der Waals surface area contributed by atoms with Gasteiger partial charge in [0, 0.05) is 10.6 Å². The summed E-state index contributed by atoms with van der Waals surface area (Å²) >= 11 is 9.73. The van der Waals surface area contributed by atoms with Gasteiger partial charge < -0.3 is 14.2 Å². The molecule has 0 aromatic heterocycles. The second-order valence-electron chi connectivity index (χ2n) is 4.65. The lowest BCUT2D eigenvalue weighted by atomic mass is 10.0. The number of hydrogen-bond acceptors (Lipinski definition) is 3. The van der Waals surface area contributed by atoms with Crippen LogP contribution in [0.1, 0.15) is 16.0 Å².